The molecule has 1 aliphatic rings. The summed E-state index contributed by atoms with van der Waals surface area (Å²) in [5.74, 6) is 0.392. The zero-order valence-electron chi connectivity index (χ0n) is 11.7. The van der Waals surface area contributed by atoms with E-state index in [1.807, 2.05) is 18.7 Å². The maximum absolute atomic E-state index is 11.2. The Morgan fingerprint density at radius 1 is 1.65 bits per heavy atom. The second kappa shape index (κ2) is 6.37. The zero-order valence-corrected chi connectivity index (χ0v) is 12.4. The molecule has 110 valence electrons. The summed E-state index contributed by atoms with van der Waals surface area (Å²) in [5, 5.41) is 14.9. The van der Waals surface area contributed by atoms with Crippen LogP contribution in [0.2, 0.25) is 5.02 Å². The highest BCUT2D eigenvalue weighted by Gasteiger charge is 2.27. The van der Waals surface area contributed by atoms with E-state index in [2.05, 4.69) is 10.3 Å². The van der Waals surface area contributed by atoms with E-state index in [1.165, 1.54) is 12.3 Å². The lowest BCUT2D eigenvalue weighted by molar-refractivity contribution is -0.384. The van der Waals surface area contributed by atoms with Crippen LogP contribution >= 0.6 is 11.6 Å². The minimum absolute atomic E-state index is 0.0378. The minimum atomic E-state index is -0.425. The molecule has 1 N–H and O–H groups in total. The van der Waals surface area contributed by atoms with Crippen LogP contribution in [0.3, 0.4) is 0 Å². The minimum Gasteiger partial charge on any atom is -0.347 e. The quantitative estimate of drug-likeness (QED) is 0.668. The first-order valence-electron chi connectivity index (χ1n) is 6.79. The fourth-order valence-corrected chi connectivity index (χ4v) is 2.62. The molecule has 0 amide bonds. The van der Waals surface area contributed by atoms with Gasteiger partial charge in [-0.05, 0) is 33.2 Å². The average molecular weight is 299 g/mol. The van der Waals surface area contributed by atoms with Gasteiger partial charge < -0.3 is 10.2 Å². The van der Waals surface area contributed by atoms with Crippen molar-refractivity contribution in [3.05, 3.63) is 27.4 Å². The fraction of sp³-hybridized carbons (Fsp3) is 0.615. The van der Waals surface area contributed by atoms with Gasteiger partial charge in [0.1, 0.15) is 0 Å². The molecule has 2 rings (SSSR count). The number of pyridine rings is 1. The normalized spacial score (nSPS) is 18.5. The molecule has 0 radical (unpaired) electrons. The second-order valence-corrected chi connectivity index (χ2v) is 5.73. The van der Waals surface area contributed by atoms with Gasteiger partial charge in [-0.15, -0.1) is 0 Å². The molecule has 1 atom stereocenters. The van der Waals surface area contributed by atoms with Crippen molar-refractivity contribution >= 4 is 23.1 Å². The highest BCUT2D eigenvalue weighted by atomic mass is 35.5. The summed E-state index contributed by atoms with van der Waals surface area (Å²) in [5.41, 5.74) is -0.0378. The number of rotatable bonds is 5. The van der Waals surface area contributed by atoms with Crippen molar-refractivity contribution < 1.29 is 4.92 Å². The van der Waals surface area contributed by atoms with Gasteiger partial charge in [0.15, 0.2) is 0 Å². The molecule has 0 aliphatic carbocycles. The molecule has 0 spiro atoms. The van der Waals surface area contributed by atoms with Crippen molar-refractivity contribution in [3.63, 3.8) is 0 Å². The van der Waals surface area contributed by atoms with Crippen LogP contribution in [0.5, 0.6) is 0 Å². The first-order chi connectivity index (χ1) is 9.49. The van der Waals surface area contributed by atoms with Crippen LogP contribution < -0.4 is 10.2 Å². The van der Waals surface area contributed by atoms with Crippen LogP contribution in [0.1, 0.15) is 26.7 Å². The first kappa shape index (κ1) is 15.0. The third kappa shape index (κ3) is 3.37. The van der Waals surface area contributed by atoms with Crippen LogP contribution in [0.25, 0.3) is 0 Å². The molecule has 0 saturated carbocycles. The Labute approximate surface area is 123 Å². The largest absolute Gasteiger partial charge is 0.347 e. The molecule has 0 aromatic carbocycles. The molecule has 1 aromatic heterocycles. The predicted molar refractivity (Wildman–Crippen MR) is 79.4 cm³/mol. The molecule has 1 unspecified atom stereocenters. The Bertz CT molecular complexity index is 489. The van der Waals surface area contributed by atoms with Crippen LogP contribution in [-0.2, 0) is 0 Å². The van der Waals surface area contributed by atoms with Gasteiger partial charge >= 0.3 is 5.69 Å². The van der Waals surface area contributed by atoms with E-state index in [0.29, 0.717) is 18.4 Å². The van der Waals surface area contributed by atoms with Crippen LogP contribution in [0, 0.1) is 10.1 Å². The van der Waals surface area contributed by atoms with Gasteiger partial charge in [-0.2, -0.15) is 0 Å². The van der Waals surface area contributed by atoms with E-state index >= 15 is 0 Å². The molecule has 20 heavy (non-hydrogen) atoms. The molecule has 1 saturated heterocycles. The Morgan fingerprint density at radius 2 is 2.40 bits per heavy atom. The summed E-state index contributed by atoms with van der Waals surface area (Å²) in [6, 6.07) is 1.85. The highest BCUT2D eigenvalue weighted by Crippen LogP contribution is 2.30. The lowest BCUT2D eigenvalue weighted by Crippen LogP contribution is -2.42. The Kier molecular flexibility index (Phi) is 4.77. The van der Waals surface area contributed by atoms with E-state index < -0.39 is 4.92 Å². The first-order valence-corrected chi connectivity index (χ1v) is 7.16. The second-order valence-electron chi connectivity index (χ2n) is 5.29. The van der Waals surface area contributed by atoms with Crippen molar-refractivity contribution in [2.75, 3.05) is 18.0 Å². The number of halogens is 1. The molecule has 7 heteroatoms. The fourth-order valence-electron chi connectivity index (χ4n) is 2.47. The highest BCUT2D eigenvalue weighted by molar-refractivity contribution is 6.30. The maximum Gasteiger partial charge on any atom is 0.313 e. The topological polar surface area (TPSA) is 71.3 Å². The van der Waals surface area contributed by atoms with Crippen LogP contribution in [0.15, 0.2) is 12.3 Å². The molecule has 1 aliphatic heterocycles. The van der Waals surface area contributed by atoms with Gasteiger partial charge in [0, 0.05) is 30.9 Å². The van der Waals surface area contributed by atoms with Gasteiger partial charge in [0.25, 0.3) is 0 Å². The van der Waals surface area contributed by atoms with E-state index in [1.54, 1.807) is 0 Å². The lowest BCUT2D eigenvalue weighted by Gasteiger charge is -2.30. The molecule has 1 fully saturated rings. The van der Waals surface area contributed by atoms with E-state index in [0.717, 1.165) is 19.4 Å². The zero-order chi connectivity index (χ0) is 14.7. The molecular formula is C13H19ClN4O2. The summed E-state index contributed by atoms with van der Waals surface area (Å²) >= 11 is 5.82. The predicted octanol–water partition coefficient (Wildman–Crippen LogP) is 2.61. The Morgan fingerprint density at radius 3 is 2.95 bits per heavy atom. The lowest BCUT2D eigenvalue weighted by atomic mass is 10.2. The maximum atomic E-state index is 11.2. The number of aromatic nitrogens is 1. The smallest absolute Gasteiger partial charge is 0.313 e. The van der Waals surface area contributed by atoms with Crippen molar-refractivity contribution in [1.29, 1.82) is 0 Å². The SMILES string of the molecule is CC(C)N(CC1CCCN1)c1ncc(Cl)cc1[N+](=O)[O-]. The van der Waals surface area contributed by atoms with Gasteiger partial charge in [0.2, 0.25) is 5.82 Å². The monoisotopic (exact) mass is 298 g/mol. The van der Waals surface area contributed by atoms with Gasteiger partial charge in [-0.3, -0.25) is 10.1 Å². The average Bonchev–Trinajstić information content (AvgIpc) is 2.89. The van der Waals surface area contributed by atoms with E-state index in [4.69, 9.17) is 11.6 Å². The summed E-state index contributed by atoms with van der Waals surface area (Å²) in [4.78, 5) is 16.9. The van der Waals surface area contributed by atoms with Crippen LogP contribution in [0.4, 0.5) is 11.5 Å². The van der Waals surface area contributed by atoms with Crippen molar-refractivity contribution in [2.45, 2.75) is 38.8 Å². The molecule has 0 bridgehead atoms. The third-order valence-electron chi connectivity index (χ3n) is 3.49. The van der Waals surface area contributed by atoms with Crippen LogP contribution in [-0.4, -0.2) is 35.1 Å². The Balaban J connectivity index is 2.30. The number of nitro groups is 1. The van der Waals surface area contributed by atoms with Crippen molar-refractivity contribution in [1.82, 2.24) is 10.3 Å². The standard InChI is InChI=1S/C13H19ClN4O2/c1-9(2)17(8-11-4-3-5-15-11)13-12(18(19)20)6-10(14)7-16-13/h6-7,9,11,15H,3-5,8H2,1-2H3. The van der Waals surface area contributed by atoms with E-state index in [9.17, 15) is 10.1 Å². The summed E-state index contributed by atoms with van der Waals surface area (Å²) in [6.45, 7) is 5.74. The van der Waals surface area contributed by atoms with E-state index in [-0.39, 0.29) is 16.8 Å². The Hall–Kier alpha value is -1.40. The molecule has 1 aromatic rings. The van der Waals surface area contributed by atoms with Crippen molar-refractivity contribution in [2.24, 2.45) is 0 Å². The summed E-state index contributed by atoms with van der Waals surface area (Å²) in [6.07, 6.45) is 3.69. The summed E-state index contributed by atoms with van der Waals surface area (Å²) in [7, 11) is 0. The molecule has 2 heterocycles. The van der Waals surface area contributed by atoms with Crippen molar-refractivity contribution in [3.8, 4) is 0 Å². The number of nitrogens with zero attached hydrogens (tertiary/aromatic N) is 3. The van der Waals surface area contributed by atoms with Gasteiger partial charge in [-0.1, -0.05) is 11.6 Å². The number of anilines is 1. The molecule has 6 nitrogen and oxygen atoms in total. The number of hydrogen-bond donors (Lipinski definition) is 1. The summed E-state index contributed by atoms with van der Waals surface area (Å²) < 4.78 is 0. The van der Waals surface area contributed by atoms with Gasteiger partial charge in [-0.25, -0.2) is 4.98 Å². The molecular weight excluding hydrogens is 280 g/mol. The van der Waals surface area contributed by atoms with Gasteiger partial charge in [0.05, 0.1) is 9.95 Å². The third-order valence-corrected chi connectivity index (χ3v) is 3.69. The number of nitrogens with one attached hydrogen (secondary N) is 1. The number of hydrogen-bond acceptors (Lipinski definition) is 5.